The zero-order chi connectivity index (χ0) is 33.5. The Balaban J connectivity index is 1.07. The highest BCUT2D eigenvalue weighted by atomic mass is 15.2. The molecule has 5 aromatic carbocycles. The molecule has 4 atom stereocenters. The van der Waals surface area contributed by atoms with E-state index in [0.717, 1.165) is 58.4 Å². The van der Waals surface area contributed by atoms with Crippen molar-refractivity contribution in [3.63, 3.8) is 0 Å². The minimum absolute atomic E-state index is 0.266. The molecule has 0 radical (unpaired) electrons. The quantitative estimate of drug-likeness (QED) is 0.0830. The van der Waals surface area contributed by atoms with Gasteiger partial charge in [0.1, 0.15) is 0 Å². The zero-order valence-corrected chi connectivity index (χ0v) is 29.0. The summed E-state index contributed by atoms with van der Waals surface area (Å²) >= 11 is 0. The van der Waals surface area contributed by atoms with Crippen LogP contribution in [0.4, 0.5) is 0 Å². The maximum absolute atomic E-state index is 6.32. The lowest BCUT2D eigenvalue weighted by Gasteiger charge is -2.32. The largest absolute Gasteiger partial charge is 0.329 e. The average molecular weight is 654 g/mol. The van der Waals surface area contributed by atoms with Crippen LogP contribution in [0.15, 0.2) is 133 Å². The van der Waals surface area contributed by atoms with Crippen LogP contribution in [0.5, 0.6) is 0 Å². The van der Waals surface area contributed by atoms with Crippen LogP contribution in [-0.4, -0.2) is 68.3 Å². The minimum Gasteiger partial charge on any atom is -0.329 e. The van der Waals surface area contributed by atoms with E-state index in [1.54, 1.807) is 0 Å². The molecule has 0 spiro atoms. The van der Waals surface area contributed by atoms with Crippen LogP contribution in [0.2, 0.25) is 0 Å². The third kappa shape index (κ3) is 11.1. The summed E-state index contributed by atoms with van der Waals surface area (Å²) in [6.45, 7) is 5.71. The van der Waals surface area contributed by atoms with E-state index in [0.29, 0.717) is 24.7 Å². The van der Waals surface area contributed by atoms with Crippen molar-refractivity contribution >= 4 is 10.8 Å². The fraction of sp³-hybridized carbons (Fsp3) is 0.364. The normalized spacial score (nSPS) is 16.9. The molecule has 1 saturated heterocycles. The van der Waals surface area contributed by atoms with Crippen molar-refractivity contribution in [3.8, 4) is 0 Å². The summed E-state index contributed by atoms with van der Waals surface area (Å²) in [7, 11) is 0. The predicted molar refractivity (Wildman–Crippen MR) is 207 cm³/mol. The monoisotopic (exact) mass is 653 g/mol. The summed E-state index contributed by atoms with van der Waals surface area (Å²) in [6.07, 6.45) is 6.50. The number of nitrogens with two attached hydrogens (primary N) is 1. The fourth-order valence-corrected chi connectivity index (χ4v) is 7.43. The Morgan fingerprint density at radius 3 is 1.90 bits per heavy atom. The molecule has 5 aromatic rings. The molecule has 0 aliphatic carbocycles. The Kier molecular flexibility index (Phi) is 13.4. The molecule has 0 aromatic heterocycles. The van der Waals surface area contributed by atoms with Crippen molar-refractivity contribution in [1.29, 1.82) is 0 Å². The molecule has 49 heavy (non-hydrogen) atoms. The topological polar surface area (TPSA) is 65.3 Å². The van der Waals surface area contributed by atoms with Crippen LogP contribution >= 0.6 is 0 Å². The molecule has 1 aliphatic rings. The van der Waals surface area contributed by atoms with Gasteiger partial charge in [-0.25, -0.2) is 0 Å². The zero-order valence-electron chi connectivity index (χ0n) is 29.0. The third-order valence-corrected chi connectivity index (χ3v) is 10.2. The first-order chi connectivity index (χ1) is 24.2. The standard InChI is InChI=1S/C44H55N5/c45-31-41(30-38-22-23-39-19-10-11-20-40(39)27-38)48-33-44-21-12-26-49(44)34-43(29-37-17-8-3-9-18-37)47-32-42(28-36-15-6-2-7-16-36)46-25-24-35-13-4-1-5-14-35/h1-11,13-20,22-23,27,41-44,46-48H,12,21,24-26,28-34,45H2/t41-,42-,43-,44-/m0/s1. The number of rotatable bonds is 19. The molecule has 5 N–H and O–H groups in total. The first kappa shape index (κ1) is 35.0. The Hall–Kier alpha value is -3.84. The summed E-state index contributed by atoms with van der Waals surface area (Å²) in [6, 6.07) is 49.6. The van der Waals surface area contributed by atoms with Gasteiger partial charge in [0, 0.05) is 50.3 Å². The number of benzene rings is 5. The van der Waals surface area contributed by atoms with Crippen molar-refractivity contribution in [2.75, 3.05) is 39.3 Å². The smallest absolute Gasteiger partial charge is 0.0236 e. The predicted octanol–water partition coefficient (Wildman–Crippen LogP) is 6.41. The summed E-state index contributed by atoms with van der Waals surface area (Å²) in [5.41, 5.74) is 11.8. The molecule has 0 saturated carbocycles. The second-order valence-corrected chi connectivity index (χ2v) is 13.9. The van der Waals surface area contributed by atoms with Crippen LogP contribution in [0, 0.1) is 0 Å². The second kappa shape index (κ2) is 18.8. The number of hydrogen-bond acceptors (Lipinski definition) is 5. The van der Waals surface area contributed by atoms with Gasteiger partial charge in [0.15, 0.2) is 0 Å². The van der Waals surface area contributed by atoms with Crippen molar-refractivity contribution in [2.45, 2.75) is 62.7 Å². The van der Waals surface area contributed by atoms with Crippen LogP contribution in [0.3, 0.4) is 0 Å². The first-order valence-corrected chi connectivity index (χ1v) is 18.5. The Morgan fingerprint density at radius 2 is 1.20 bits per heavy atom. The molecule has 1 heterocycles. The van der Waals surface area contributed by atoms with Gasteiger partial charge in [-0.1, -0.05) is 133 Å². The highest BCUT2D eigenvalue weighted by Crippen LogP contribution is 2.20. The highest BCUT2D eigenvalue weighted by Gasteiger charge is 2.28. The van der Waals surface area contributed by atoms with Gasteiger partial charge in [-0.05, 0) is 84.6 Å². The van der Waals surface area contributed by atoms with E-state index in [1.807, 2.05) is 0 Å². The fourth-order valence-electron chi connectivity index (χ4n) is 7.43. The molecule has 1 fully saturated rings. The lowest BCUT2D eigenvalue weighted by atomic mass is 10.0. The molecule has 1 aliphatic heterocycles. The average Bonchev–Trinajstić information content (AvgIpc) is 3.60. The summed E-state index contributed by atoms with van der Waals surface area (Å²) in [5.74, 6) is 0. The summed E-state index contributed by atoms with van der Waals surface area (Å²) in [5, 5.41) is 14.4. The lowest BCUT2D eigenvalue weighted by molar-refractivity contribution is 0.213. The molecule has 256 valence electrons. The van der Waals surface area contributed by atoms with Crippen molar-refractivity contribution in [1.82, 2.24) is 20.9 Å². The minimum atomic E-state index is 0.266. The second-order valence-electron chi connectivity index (χ2n) is 13.9. The van der Waals surface area contributed by atoms with E-state index in [1.165, 1.54) is 45.9 Å². The van der Waals surface area contributed by atoms with E-state index in [9.17, 15) is 0 Å². The summed E-state index contributed by atoms with van der Waals surface area (Å²) < 4.78 is 0. The van der Waals surface area contributed by atoms with E-state index in [4.69, 9.17) is 5.73 Å². The number of nitrogens with one attached hydrogen (secondary N) is 3. The molecule has 5 heteroatoms. The van der Waals surface area contributed by atoms with Crippen LogP contribution in [0.25, 0.3) is 10.8 Å². The van der Waals surface area contributed by atoms with Gasteiger partial charge in [-0.3, -0.25) is 4.90 Å². The number of nitrogens with zero attached hydrogens (tertiary/aromatic N) is 1. The van der Waals surface area contributed by atoms with Crippen LogP contribution < -0.4 is 21.7 Å². The summed E-state index contributed by atoms with van der Waals surface area (Å²) in [4.78, 5) is 2.73. The van der Waals surface area contributed by atoms with E-state index < -0.39 is 0 Å². The van der Waals surface area contributed by atoms with Crippen LogP contribution in [-0.2, 0) is 25.7 Å². The molecule has 5 nitrogen and oxygen atoms in total. The van der Waals surface area contributed by atoms with Crippen LogP contribution in [0.1, 0.15) is 35.1 Å². The molecule has 6 rings (SSSR count). The van der Waals surface area contributed by atoms with Gasteiger partial charge >= 0.3 is 0 Å². The van der Waals surface area contributed by atoms with E-state index >= 15 is 0 Å². The maximum Gasteiger partial charge on any atom is 0.0236 e. The van der Waals surface area contributed by atoms with Gasteiger partial charge in [0.25, 0.3) is 0 Å². The Labute approximate surface area is 294 Å². The third-order valence-electron chi connectivity index (χ3n) is 10.2. The Morgan fingerprint density at radius 1 is 0.592 bits per heavy atom. The Bertz CT molecular complexity index is 1640. The lowest BCUT2D eigenvalue weighted by Crippen LogP contribution is -2.51. The molecular weight excluding hydrogens is 599 g/mol. The van der Waals surface area contributed by atoms with E-state index in [2.05, 4.69) is 154 Å². The number of likely N-dealkylation sites (tertiary alicyclic amines) is 1. The van der Waals surface area contributed by atoms with Gasteiger partial charge in [-0.15, -0.1) is 0 Å². The molecule has 0 unspecified atom stereocenters. The maximum atomic E-state index is 6.32. The van der Waals surface area contributed by atoms with Crippen molar-refractivity contribution in [3.05, 3.63) is 156 Å². The highest BCUT2D eigenvalue weighted by molar-refractivity contribution is 5.83. The SMILES string of the molecule is NC[C@H](Cc1ccc2ccccc2c1)NC[C@@H]1CCCN1C[C@H](Cc1ccccc1)NC[C@H](Cc1ccccc1)NCCc1ccccc1. The van der Waals surface area contributed by atoms with E-state index in [-0.39, 0.29) is 6.04 Å². The number of fused-ring (bicyclic) bond motifs is 1. The number of hydrogen-bond donors (Lipinski definition) is 4. The van der Waals surface area contributed by atoms with Gasteiger partial charge < -0.3 is 21.7 Å². The molecular formula is C44H55N5. The van der Waals surface area contributed by atoms with Crippen molar-refractivity contribution in [2.24, 2.45) is 5.73 Å². The molecule has 0 bridgehead atoms. The molecule has 0 amide bonds. The van der Waals surface area contributed by atoms with Crippen molar-refractivity contribution < 1.29 is 0 Å². The first-order valence-electron chi connectivity index (χ1n) is 18.5. The van der Waals surface area contributed by atoms with Gasteiger partial charge in [0.05, 0.1) is 0 Å². The van der Waals surface area contributed by atoms with Gasteiger partial charge in [-0.2, -0.15) is 0 Å². The van der Waals surface area contributed by atoms with Gasteiger partial charge in [0.2, 0.25) is 0 Å².